The van der Waals surface area contributed by atoms with Crippen LogP contribution in [0, 0.1) is 6.92 Å². The highest BCUT2D eigenvalue weighted by Crippen LogP contribution is 2.24. The Bertz CT molecular complexity index is 1020. The van der Waals surface area contributed by atoms with Gasteiger partial charge in [0.15, 0.2) is 6.10 Å². The topological polar surface area (TPSA) is 60.7 Å². The Labute approximate surface area is 203 Å². The Kier molecular flexibility index (Phi) is 9.77. The fourth-order valence-electron chi connectivity index (χ4n) is 4.15. The summed E-state index contributed by atoms with van der Waals surface area (Å²) >= 11 is 0. The van der Waals surface area contributed by atoms with Crippen molar-refractivity contribution in [1.82, 2.24) is 4.57 Å². The lowest BCUT2D eigenvalue weighted by molar-refractivity contribution is -0.149. The summed E-state index contributed by atoms with van der Waals surface area (Å²) in [7, 11) is 0. The molecule has 5 nitrogen and oxygen atoms in total. The summed E-state index contributed by atoms with van der Waals surface area (Å²) in [5, 5.41) is 9.26. The number of rotatable bonds is 14. The molecule has 0 saturated heterocycles. The first kappa shape index (κ1) is 25.6. The average Bonchev–Trinajstić information content (AvgIpc) is 3.20. The third-order valence-corrected chi connectivity index (χ3v) is 6.09. The van der Waals surface area contributed by atoms with Gasteiger partial charge in [0.25, 0.3) is 0 Å². The second-order valence-electron chi connectivity index (χ2n) is 8.64. The Morgan fingerprint density at radius 1 is 0.941 bits per heavy atom. The van der Waals surface area contributed by atoms with Gasteiger partial charge in [0, 0.05) is 24.4 Å². The largest absolute Gasteiger partial charge is 0.492 e. The molecule has 3 rings (SSSR count). The molecular weight excluding hydrogens is 426 g/mol. The quantitative estimate of drug-likeness (QED) is 0.285. The number of carboxylic acid groups (broad SMARTS) is 1. The lowest BCUT2D eigenvalue weighted by atomic mass is 10.0. The van der Waals surface area contributed by atoms with E-state index in [2.05, 4.69) is 54.8 Å². The van der Waals surface area contributed by atoms with Gasteiger partial charge in [0.1, 0.15) is 12.4 Å². The Morgan fingerprint density at radius 2 is 1.65 bits per heavy atom. The fourth-order valence-corrected chi connectivity index (χ4v) is 4.15. The number of aromatic nitrogens is 1. The first-order valence-electron chi connectivity index (χ1n) is 12.3. The number of ether oxygens (including phenoxy) is 2. The first-order valence-corrected chi connectivity index (χ1v) is 12.3. The third-order valence-electron chi connectivity index (χ3n) is 6.09. The number of benzene rings is 2. The van der Waals surface area contributed by atoms with E-state index >= 15 is 0 Å². The minimum absolute atomic E-state index is 0.340. The highest BCUT2D eigenvalue weighted by molar-refractivity contribution is 5.72. The van der Waals surface area contributed by atoms with E-state index in [9.17, 15) is 9.90 Å². The standard InChI is InChI=1S/C29H37NO4/c1-4-6-7-8-23-10-14-25(15-11-23)27-18-9-22(3)30(27)19-20-34-26-16-12-24(13-17-26)21-28(29(31)32)33-5-2/h9-18,28H,4-8,19-21H2,1-3H3,(H,31,32). The van der Waals surface area contributed by atoms with Crippen molar-refractivity contribution in [2.24, 2.45) is 0 Å². The molecule has 182 valence electrons. The molecular formula is C29H37NO4. The van der Waals surface area contributed by atoms with Gasteiger partial charge in [0.2, 0.25) is 0 Å². The molecule has 0 radical (unpaired) electrons. The first-order chi connectivity index (χ1) is 16.5. The van der Waals surface area contributed by atoms with Crippen LogP contribution in [0.2, 0.25) is 0 Å². The highest BCUT2D eigenvalue weighted by Gasteiger charge is 2.17. The van der Waals surface area contributed by atoms with Crippen molar-refractivity contribution < 1.29 is 19.4 Å². The zero-order chi connectivity index (χ0) is 24.3. The van der Waals surface area contributed by atoms with E-state index in [-0.39, 0.29) is 0 Å². The summed E-state index contributed by atoms with van der Waals surface area (Å²) in [4.78, 5) is 11.3. The Hall–Kier alpha value is -3.05. The average molecular weight is 464 g/mol. The van der Waals surface area contributed by atoms with E-state index in [1.807, 2.05) is 24.3 Å². The molecule has 0 aliphatic carbocycles. The predicted octanol–water partition coefficient (Wildman–Crippen LogP) is 6.31. The van der Waals surface area contributed by atoms with Gasteiger partial charge in [-0.05, 0) is 67.6 Å². The molecule has 0 saturated carbocycles. The molecule has 0 bridgehead atoms. The van der Waals surface area contributed by atoms with E-state index in [1.165, 1.54) is 41.8 Å². The molecule has 1 aromatic heterocycles. The molecule has 1 atom stereocenters. The summed E-state index contributed by atoms with van der Waals surface area (Å²) in [6.07, 6.45) is 4.43. The van der Waals surface area contributed by atoms with Crippen molar-refractivity contribution >= 4 is 5.97 Å². The van der Waals surface area contributed by atoms with Crippen LogP contribution in [0.5, 0.6) is 5.75 Å². The molecule has 3 aromatic rings. The smallest absolute Gasteiger partial charge is 0.333 e. The van der Waals surface area contributed by atoms with Crippen molar-refractivity contribution in [2.75, 3.05) is 13.2 Å². The van der Waals surface area contributed by atoms with Gasteiger partial charge >= 0.3 is 5.97 Å². The molecule has 1 unspecified atom stereocenters. The van der Waals surface area contributed by atoms with E-state index in [0.29, 0.717) is 19.6 Å². The summed E-state index contributed by atoms with van der Waals surface area (Å²) < 4.78 is 13.6. The molecule has 2 aromatic carbocycles. The van der Waals surface area contributed by atoms with Crippen molar-refractivity contribution in [3.05, 3.63) is 77.5 Å². The monoisotopic (exact) mass is 463 g/mol. The predicted molar refractivity (Wildman–Crippen MR) is 137 cm³/mol. The lowest BCUT2D eigenvalue weighted by Gasteiger charge is -2.14. The minimum Gasteiger partial charge on any atom is -0.492 e. The molecule has 34 heavy (non-hydrogen) atoms. The van der Waals surface area contributed by atoms with Gasteiger partial charge in [0.05, 0.1) is 6.54 Å². The van der Waals surface area contributed by atoms with Crippen molar-refractivity contribution in [2.45, 2.75) is 65.5 Å². The van der Waals surface area contributed by atoms with E-state index in [1.54, 1.807) is 6.92 Å². The number of aliphatic carboxylic acids is 1. The number of carbonyl (C=O) groups is 1. The van der Waals surface area contributed by atoms with Crippen LogP contribution in [-0.2, 0) is 28.9 Å². The minimum atomic E-state index is -0.939. The van der Waals surface area contributed by atoms with E-state index in [4.69, 9.17) is 9.47 Å². The molecule has 0 spiro atoms. The summed E-state index contributed by atoms with van der Waals surface area (Å²) in [6, 6.07) is 20.8. The summed E-state index contributed by atoms with van der Waals surface area (Å²) in [5.74, 6) is -0.166. The third kappa shape index (κ3) is 7.22. The maximum absolute atomic E-state index is 11.3. The second-order valence-corrected chi connectivity index (χ2v) is 8.64. The van der Waals surface area contributed by atoms with Crippen LogP contribution in [0.1, 0.15) is 49.9 Å². The second kappa shape index (κ2) is 13.0. The molecule has 0 amide bonds. The van der Waals surface area contributed by atoms with Crippen LogP contribution in [0.15, 0.2) is 60.7 Å². The molecule has 1 N–H and O–H groups in total. The van der Waals surface area contributed by atoms with Crippen LogP contribution < -0.4 is 4.74 Å². The number of aryl methyl sites for hydroxylation is 2. The summed E-state index contributed by atoms with van der Waals surface area (Å²) in [5.41, 5.74) is 5.94. The molecule has 0 fully saturated rings. The van der Waals surface area contributed by atoms with Crippen molar-refractivity contribution in [1.29, 1.82) is 0 Å². The van der Waals surface area contributed by atoms with Crippen LogP contribution in [0.4, 0.5) is 0 Å². The zero-order valence-corrected chi connectivity index (χ0v) is 20.6. The van der Waals surface area contributed by atoms with Gasteiger partial charge in [-0.15, -0.1) is 0 Å². The van der Waals surface area contributed by atoms with Gasteiger partial charge in [-0.1, -0.05) is 56.2 Å². The maximum atomic E-state index is 11.3. The van der Waals surface area contributed by atoms with Crippen LogP contribution in [-0.4, -0.2) is 35.0 Å². The van der Waals surface area contributed by atoms with Crippen LogP contribution in [0.25, 0.3) is 11.3 Å². The summed E-state index contributed by atoms with van der Waals surface area (Å²) in [6.45, 7) is 7.83. The van der Waals surface area contributed by atoms with Gasteiger partial charge in [-0.2, -0.15) is 0 Å². The number of hydrogen-bond donors (Lipinski definition) is 1. The Balaban J connectivity index is 1.56. The number of unbranched alkanes of at least 4 members (excludes halogenated alkanes) is 2. The number of hydrogen-bond acceptors (Lipinski definition) is 3. The van der Waals surface area contributed by atoms with E-state index < -0.39 is 12.1 Å². The normalized spacial score (nSPS) is 12.0. The molecule has 0 aliphatic rings. The number of carboxylic acids is 1. The fraction of sp³-hybridized carbons (Fsp3) is 0.414. The maximum Gasteiger partial charge on any atom is 0.333 e. The van der Waals surface area contributed by atoms with E-state index in [0.717, 1.165) is 24.3 Å². The highest BCUT2D eigenvalue weighted by atomic mass is 16.5. The van der Waals surface area contributed by atoms with Crippen molar-refractivity contribution in [3.63, 3.8) is 0 Å². The van der Waals surface area contributed by atoms with Crippen LogP contribution >= 0.6 is 0 Å². The molecule has 1 heterocycles. The van der Waals surface area contributed by atoms with Gasteiger partial charge < -0.3 is 19.1 Å². The molecule has 5 heteroatoms. The molecule has 0 aliphatic heterocycles. The van der Waals surface area contributed by atoms with Crippen molar-refractivity contribution in [3.8, 4) is 17.0 Å². The number of nitrogens with zero attached hydrogens (tertiary/aromatic N) is 1. The zero-order valence-electron chi connectivity index (χ0n) is 20.6. The Morgan fingerprint density at radius 3 is 2.29 bits per heavy atom. The van der Waals surface area contributed by atoms with Gasteiger partial charge in [-0.3, -0.25) is 0 Å². The SMILES string of the molecule is CCCCCc1ccc(-c2ccc(C)n2CCOc2ccc(CC(OCC)C(=O)O)cc2)cc1. The lowest BCUT2D eigenvalue weighted by Crippen LogP contribution is -2.26. The van der Waals surface area contributed by atoms with Gasteiger partial charge in [-0.25, -0.2) is 4.79 Å². The van der Waals surface area contributed by atoms with Crippen LogP contribution in [0.3, 0.4) is 0 Å².